The van der Waals surface area contributed by atoms with Gasteiger partial charge in [0.25, 0.3) is 0 Å². The van der Waals surface area contributed by atoms with Crippen LogP contribution in [0.15, 0.2) is 31.1 Å². The quantitative estimate of drug-likeness (QED) is 0.531. The molecule has 0 radical (unpaired) electrons. The molecular formula is C21H25N9. The fraction of sp³-hybridized carbons (Fsp3) is 0.476. The summed E-state index contributed by atoms with van der Waals surface area (Å²) in [5.41, 5.74) is 3.00. The maximum Gasteiger partial charge on any atom is 0.139 e. The van der Waals surface area contributed by atoms with Crippen LogP contribution in [-0.4, -0.2) is 58.3 Å². The number of imidazole rings is 1. The molecule has 1 aliphatic rings. The van der Waals surface area contributed by atoms with Gasteiger partial charge in [0.1, 0.15) is 29.6 Å². The first kappa shape index (κ1) is 18.8. The van der Waals surface area contributed by atoms with Crippen molar-refractivity contribution < 1.29 is 0 Å². The lowest BCUT2D eigenvalue weighted by Crippen LogP contribution is -2.40. The van der Waals surface area contributed by atoms with E-state index in [1.807, 2.05) is 17.1 Å². The van der Waals surface area contributed by atoms with Crippen molar-refractivity contribution in [3.63, 3.8) is 0 Å². The van der Waals surface area contributed by atoms with E-state index >= 15 is 0 Å². The highest BCUT2D eigenvalue weighted by atomic mass is 15.3. The first-order valence-electron chi connectivity index (χ1n) is 10.5. The molecule has 0 aromatic carbocycles. The zero-order valence-electron chi connectivity index (χ0n) is 17.1. The van der Waals surface area contributed by atoms with Gasteiger partial charge < -0.3 is 9.55 Å². The van der Waals surface area contributed by atoms with Gasteiger partial charge in [0.05, 0.1) is 24.2 Å². The second-order valence-electron chi connectivity index (χ2n) is 8.02. The Balaban J connectivity index is 1.49. The fourth-order valence-corrected chi connectivity index (χ4v) is 4.62. The van der Waals surface area contributed by atoms with Crippen LogP contribution in [0.25, 0.3) is 22.1 Å². The summed E-state index contributed by atoms with van der Waals surface area (Å²) in [5.74, 6) is 1.07. The summed E-state index contributed by atoms with van der Waals surface area (Å²) < 4.78 is 4.29. The van der Waals surface area contributed by atoms with E-state index in [9.17, 15) is 0 Å². The number of fused-ring (bicyclic) bond motifs is 3. The number of H-pyrrole nitrogens is 1. The fourth-order valence-electron chi connectivity index (χ4n) is 4.62. The van der Waals surface area contributed by atoms with Crippen LogP contribution in [0.2, 0.25) is 0 Å². The second kappa shape index (κ2) is 7.88. The molecule has 0 amide bonds. The second-order valence-corrected chi connectivity index (χ2v) is 8.02. The van der Waals surface area contributed by atoms with Crippen molar-refractivity contribution in [2.24, 2.45) is 0 Å². The Morgan fingerprint density at radius 2 is 2.20 bits per heavy atom. The molecule has 1 unspecified atom stereocenters. The lowest BCUT2D eigenvalue weighted by molar-refractivity contribution is 0.145. The molecule has 0 aliphatic carbocycles. The van der Waals surface area contributed by atoms with Crippen LogP contribution in [0.1, 0.15) is 38.1 Å². The molecule has 9 heteroatoms. The predicted molar refractivity (Wildman–Crippen MR) is 113 cm³/mol. The van der Waals surface area contributed by atoms with Crippen LogP contribution in [0.4, 0.5) is 0 Å². The lowest BCUT2D eigenvalue weighted by Gasteiger charge is -2.36. The van der Waals surface area contributed by atoms with Crippen LogP contribution in [0, 0.1) is 11.3 Å². The topological polar surface area (TPSA) is 104 Å². The van der Waals surface area contributed by atoms with Crippen molar-refractivity contribution in [1.82, 2.24) is 39.2 Å². The van der Waals surface area contributed by atoms with Crippen LogP contribution in [-0.2, 0) is 13.0 Å². The van der Waals surface area contributed by atoms with Crippen molar-refractivity contribution in [2.75, 3.05) is 13.1 Å². The van der Waals surface area contributed by atoms with Crippen LogP contribution in [0.3, 0.4) is 0 Å². The van der Waals surface area contributed by atoms with E-state index in [-0.39, 0.29) is 0 Å². The minimum absolute atomic E-state index is 0.308. The number of hydrogen-bond donors (Lipinski definition) is 1. The van der Waals surface area contributed by atoms with Crippen molar-refractivity contribution >= 4 is 22.1 Å². The van der Waals surface area contributed by atoms with Crippen LogP contribution < -0.4 is 0 Å². The number of aromatic nitrogens is 7. The summed E-state index contributed by atoms with van der Waals surface area (Å²) in [6, 6.07) is 5.08. The molecule has 1 fully saturated rings. The average Bonchev–Trinajstić information content (AvgIpc) is 3.51. The molecule has 1 atom stereocenters. The highest BCUT2D eigenvalue weighted by molar-refractivity contribution is 6.01. The predicted octanol–water partition coefficient (Wildman–Crippen LogP) is 2.69. The molecule has 0 spiro atoms. The summed E-state index contributed by atoms with van der Waals surface area (Å²) in [7, 11) is 0. The number of piperidine rings is 1. The molecule has 1 N–H and O–H groups in total. The number of nitrogens with zero attached hydrogens (tertiary/aromatic N) is 8. The third-order valence-electron chi connectivity index (χ3n) is 6.21. The average molecular weight is 403 g/mol. The van der Waals surface area contributed by atoms with E-state index in [1.54, 1.807) is 12.7 Å². The van der Waals surface area contributed by atoms with Crippen molar-refractivity contribution in [2.45, 2.75) is 51.2 Å². The zero-order valence-corrected chi connectivity index (χ0v) is 17.1. The molecular weight excluding hydrogens is 378 g/mol. The molecule has 1 aliphatic heterocycles. The minimum atomic E-state index is 0.308. The lowest BCUT2D eigenvalue weighted by atomic mass is 10.0. The van der Waals surface area contributed by atoms with Gasteiger partial charge in [0.2, 0.25) is 0 Å². The zero-order chi connectivity index (χ0) is 20.5. The smallest absolute Gasteiger partial charge is 0.139 e. The number of pyridine rings is 1. The summed E-state index contributed by atoms with van der Waals surface area (Å²) >= 11 is 0. The maximum atomic E-state index is 9.03. The Bertz CT molecular complexity index is 1170. The molecule has 154 valence electrons. The number of likely N-dealkylation sites (tertiary alicyclic amines) is 1. The van der Waals surface area contributed by atoms with E-state index in [1.165, 1.54) is 5.52 Å². The molecule has 4 aromatic rings. The monoisotopic (exact) mass is 403 g/mol. The van der Waals surface area contributed by atoms with Crippen LogP contribution in [0.5, 0.6) is 0 Å². The normalized spacial score (nSPS) is 16.9. The van der Waals surface area contributed by atoms with Gasteiger partial charge in [-0.05, 0) is 25.8 Å². The summed E-state index contributed by atoms with van der Waals surface area (Å²) in [6.07, 6.45) is 10.6. The van der Waals surface area contributed by atoms with Crippen molar-refractivity contribution in [1.29, 1.82) is 5.26 Å². The SMILES string of the molecule is CC(CC#N)N1CCC(n2c(CCn3cncn3)nc3cnc4[nH]ccc4c32)CC1. The summed E-state index contributed by atoms with van der Waals surface area (Å²) in [5, 5.41) is 14.4. The Kier molecular flexibility index (Phi) is 4.93. The number of hydrogen-bond acceptors (Lipinski definition) is 6. The molecule has 5 rings (SSSR count). The van der Waals surface area contributed by atoms with Gasteiger partial charge in [-0.1, -0.05) is 0 Å². The number of nitriles is 1. The molecule has 4 aromatic heterocycles. The van der Waals surface area contributed by atoms with E-state index < -0.39 is 0 Å². The molecule has 30 heavy (non-hydrogen) atoms. The van der Waals surface area contributed by atoms with Gasteiger partial charge in [0, 0.05) is 49.7 Å². The minimum Gasteiger partial charge on any atom is -0.346 e. The first-order chi connectivity index (χ1) is 14.7. The van der Waals surface area contributed by atoms with Gasteiger partial charge in [-0.2, -0.15) is 10.4 Å². The van der Waals surface area contributed by atoms with Crippen molar-refractivity contribution in [3.8, 4) is 6.07 Å². The van der Waals surface area contributed by atoms with Gasteiger partial charge in [-0.15, -0.1) is 0 Å². The Labute approximate surface area is 174 Å². The van der Waals surface area contributed by atoms with E-state index in [0.717, 1.165) is 61.3 Å². The van der Waals surface area contributed by atoms with E-state index in [2.05, 4.69) is 48.6 Å². The largest absolute Gasteiger partial charge is 0.346 e. The van der Waals surface area contributed by atoms with Gasteiger partial charge in [0.15, 0.2) is 0 Å². The molecule has 1 saturated heterocycles. The number of aryl methyl sites for hydroxylation is 2. The van der Waals surface area contributed by atoms with Crippen LogP contribution >= 0.6 is 0 Å². The highest BCUT2D eigenvalue weighted by Crippen LogP contribution is 2.33. The molecule has 0 saturated carbocycles. The molecule has 0 bridgehead atoms. The number of aromatic amines is 1. The standard InChI is InChI=1S/C21H25N9/c1-15(2-7-22)28-9-4-16(5-10-28)30-19(6-11-29-14-23-13-26-29)27-18-12-25-21-17(20(18)30)3-8-24-21/h3,8,12-16H,2,4-6,9-11H2,1H3,(H,24,25). The summed E-state index contributed by atoms with van der Waals surface area (Å²) in [4.78, 5) is 19.2. The third kappa shape index (κ3) is 3.33. The number of rotatable bonds is 6. The number of nitrogens with one attached hydrogen (secondary N) is 1. The van der Waals surface area contributed by atoms with Gasteiger partial charge >= 0.3 is 0 Å². The van der Waals surface area contributed by atoms with E-state index in [4.69, 9.17) is 10.2 Å². The maximum absolute atomic E-state index is 9.03. The Hall–Kier alpha value is -3.25. The van der Waals surface area contributed by atoms with Gasteiger partial charge in [-0.25, -0.2) is 15.0 Å². The molecule has 9 nitrogen and oxygen atoms in total. The highest BCUT2D eigenvalue weighted by Gasteiger charge is 2.27. The Morgan fingerprint density at radius 3 is 2.97 bits per heavy atom. The molecule has 5 heterocycles. The summed E-state index contributed by atoms with van der Waals surface area (Å²) in [6.45, 7) is 4.88. The van der Waals surface area contributed by atoms with E-state index in [0.29, 0.717) is 18.5 Å². The van der Waals surface area contributed by atoms with Crippen molar-refractivity contribution in [3.05, 3.63) is 36.9 Å². The van der Waals surface area contributed by atoms with Gasteiger partial charge in [-0.3, -0.25) is 9.58 Å². The third-order valence-corrected chi connectivity index (χ3v) is 6.21. The Morgan fingerprint density at radius 1 is 1.33 bits per heavy atom. The first-order valence-corrected chi connectivity index (χ1v) is 10.5.